The second-order valence-corrected chi connectivity index (χ2v) is 11.9. The van der Waals surface area contributed by atoms with Crippen LogP contribution >= 0.6 is 46.0 Å². The van der Waals surface area contributed by atoms with Crippen LogP contribution in [0.25, 0.3) is 5.76 Å². The maximum atomic E-state index is 13.3. The first kappa shape index (κ1) is 24.9. The van der Waals surface area contributed by atoms with Crippen molar-refractivity contribution in [3.8, 4) is 11.5 Å². The number of rotatable bonds is 6. The number of aliphatic hydroxyl groups excluding tert-OH is 1. The molecule has 2 aromatic carbocycles. The molecule has 1 N–H and O–H groups in total. The van der Waals surface area contributed by atoms with Crippen molar-refractivity contribution in [3.05, 3.63) is 86.6 Å². The van der Waals surface area contributed by atoms with Crippen molar-refractivity contribution in [1.82, 2.24) is 10.2 Å². The Balaban J connectivity index is 1.35. The van der Waals surface area contributed by atoms with Crippen molar-refractivity contribution in [3.63, 3.8) is 0 Å². The smallest absolute Gasteiger partial charge is 0.301 e. The van der Waals surface area contributed by atoms with E-state index in [2.05, 4.69) is 10.2 Å². The lowest BCUT2D eigenvalue weighted by atomic mass is 9.99. The molecule has 0 radical (unpaired) electrons. The van der Waals surface area contributed by atoms with Gasteiger partial charge in [0.05, 0.1) is 5.57 Å². The van der Waals surface area contributed by atoms with Gasteiger partial charge < -0.3 is 14.6 Å². The normalized spacial score (nSPS) is 18.2. The molecule has 12 heteroatoms. The van der Waals surface area contributed by atoms with Gasteiger partial charge in [0, 0.05) is 21.2 Å². The standard InChI is InChI=1S/C26H18ClN3O5S3/c27-16-6-3-14(4-7-16)13-37-26-29-28-25(38-26)30-21(19-2-1-11-36-19)20(23(32)24(30)33)22(31)15-5-8-17-18(12-15)35-10-9-34-17/h1-8,11-12,21,31H,9-10,13H2/b22-20+. The van der Waals surface area contributed by atoms with E-state index in [1.807, 2.05) is 41.8 Å². The molecule has 1 amide bonds. The first-order valence-corrected chi connectivity index (χ1v) is 14.5. The predicted molar refractivity (Wildman–Crippen MR) is 147 cm³/mol. The van der Waals surface area contributed by atoms with Crippen molar-refractivity contribution in [1.29, 1.82) is 0 Å². The number of benzene rings is 2. The number of ketones is 1. The lowest BCUT2D eigenvalue weighted by Crippen LogP contribution is -2.29. The molecule has 0 aliphatic carbocycles. The van der Waals surface area contributed by atoms with E-state index in [4.69, 9.17) is 21.1 Å². The highest BCUT2D eigenvalue weighted by Crippen LogP contribution is 2.45. The van der Waals surface area contributed by atoms with Crippen LogP contribution in [-0.4, -0.2) is 40.2 Å². The number of carbonyl (C=O) groups excluding carboxylic acids is 2. The molecule has 1 unspecified atom stereocenters. The maximum Gasteiger partial charge on any atom is 0.301 e. The molecular weight excluding hydrogens is 566 g/mol. The van der Waals surface area contributed by atoms with Crippen LogP contribution in [-0.2, 0) is 15.3 Å². The van der Waals surface area contributed by atoms with E-state index in [9.17, 15) is 14.7 Å². The zero-order valence-electron chi connectivity index (χ0n) is 19.5. The molecule has 1 atom stereocenters. The summed E-state index contributed by atoms with van der Waals surface area (Å²) in [5.41, 5.74) is 1.40. The number of halogens is 1. The Morgan fingerprint density at radius 2 is 1.87 bits per heavy atom. The summed E-state index contributed by atoms with van der Waals surface area (Å²) >= 11 is 10.0. The quantitative estimate of drug-likeness (QED) is 0.0978. The molecular formula is C26H18ClN3O5S3. The van der Waals surface area contributed by atoms with Gasteiger partial charge in [-0.2, -0.15) is 0 Å². The third kappa shape index (κ3) is 4.66. The number of hydrogen-bond donors (Lipinski definition) is 1. The number of aliphatic hydroxyl groups is 1. The fraction of sp³-hybridized carbons (Fsp3) is 0.154. The van der Waals surface area contributed by atoms with Crippen molar-refractivity contribution < 1.29 is 24.2 Å². The molecule has 4 aromatic rings. The van der Waals surface area contributed by atoms with Crippen LogP contribution in [0.4, 0.5) is 5.13 Å². The molecule has 0 saturated carbocycles. The van der Waals surface area contributed by atoms with Gasteiger partial charge in [0.15, 0.2) is 15.8 Å². The number of fused-ring (bicyclic) bond motifs is 1. The number of amides is 1. The predicted octanol–water partition coefficient (Wildman–Crippen LogP) is 5.94. The first-order valence-electron chi connectivity index (χ1n) is 11.4. The molecule has 0 spiro atoms. The van der Waals surface area contributed by atoms with Gasteiger partial charge in [-0.25, -0.2) is 0 Å². The zero-order valence-corrected chi connectivity index (χ0v) is 22.7. The van der Waals surface area contributed by atoms with Crippen molar-refractivity contribution in [2.45, 2.75) is 16.1 Å². The van der Waals surface area contributed by atoms with Gasteiger partial charge >= 0.3 is 5.91 Å². The van der Waals surface area contributed by atoms with Gasteiger partial charge in [-0.1, -0.05) is 52.9 Å². The number of nitrogens with zero attached hydrogens (tertiary/aromatic N) is 3. The Labute approximate surface area is 234 Å². The number of carbonyl (C=O) groups is 2. The summed E-state index contributed by atoms with van der Waals surface area (Å²) < 4.78 is 11.8. The van der Waals surface area contributed by atoms with E-state index in [0.29, 0.717) is 50.3 Å². The van der Waals surface area contributed by atoms with E-state index in [1.54, 1.807) is 18.2 Å². The van der Waals surface area contributed by atoms with Crippen LogP contribution in [0.3, 0.4) is 0 Å². The van der Waals surface area contributed by atoms with Crippen molar-refractivity contribution >= 4 is 68.6 Å². The van der Waals surface area contributed by atoms with Crippen LogP contribution in [0.5, 0.6) is 11.5 Å². The number of thioether (sulfide) groups is 1. The molecule has 192 valence electrons. The van der Waals surface area contributed by atoms with E-state index in [1.165, 1.54) is 39.3 Å². The van der Waals surface area contributed by atoms with Gasteiger partial charge in [-0.3, -0.25) is 14.5 Å². The van der Waals surface area contributed by atoms with Gasteiger partial charge in [0.1, 0.15) is 25.0 Å². The minimum atomic E-state index is -0.842. The second-order valence-electron chi connectivity index (χ2n) is 8.31. The molecule has 2 aliphatic rings. The number of aromatic nitrogens is 2. The van der Waals surface area contributed by atoms with E-state index in [-0.39, 0.29) is 16.5 Å². The van der Waals surface area contributed by atoms with Gasteiger partial charge in [-0.15, -0.1) is 21.5 Å². The average molecular weight is 584 g/mol. The summed E-state index contributed by atoms with van der Waals surface area (Å²) in [4.78, 5) is 28.7. The molecule has 4 heterocycles. The number of anilines is 1. The highest BCUT2D eigenvalue weighted by Gasteiger charge is 2.49. The molecule has 6 rings (SSSR count). The Morgan fingerprint density at radius 3 is 2.63 bits per heavy atom. The van der Waals surface area contributed by atoms with Crippen molar-refractivity contribution in [2.24, 2.45) is 0 Å². The number of thiophene rings is 1. The number of Topliss-reactive ketones (excluding diaryl/α,β-unsaturated/α-hetero) is 1. The molecule has 8 nitrogen and oxygen atoms in total. The fourth-order valence-corrected chi connectivity index (χ4v) is 6.95. The zero-order chi connectivity index (χ0) is 26.2. The maximum absolute atomic E-state index is 13.3. The summed E-state index contributed by atoms with van der Waals surface area (Å²) in [5, 5.41) is 22.6. The number of hydrogen-bond acceptors (Lipinski definition) is 10. The Bertz CT molecular complexity index is 1550. The summed E-state index contributed by atoms with van der Waals surface area (Å²) in [6, 6.07) is 15.3. The Hall–Kier alpha value is -3.38. The SMILES string of the molecule is O=C1C(=O)N(c2nnc(SCc3ccc(Cl)cc3)s2)C(c2cccs2)/C1=C(\O)c1ccc2c(c1)OCCO2. The molecule has 2 aliphatic heterocycles. The van der Waals surface area contributed by atoms with Crippen LogP contribution in [0.2, 0.25) is 5.02 Å². The van der Waals surface area contributed by atoms with E-state index in [0.717, 1.165) is 5.56 Å². The van der Waals surface area contributed by atoms with E-state index >= 15 is 0 Å². The van der Waals surface area contributed by atoms with E-state index < -0.39 is 17.7 Å². The highest BCUT2D eigenvalue weighted by molar-refractivity contribution is 8.00. The summed E-state index contributed by atoms with van der Waals surface area (Å²) in [5.74, 6) is -0.185. The molecule has 1 saturated heterocycles. The fourth-order valence-electron chi connectivity index (χ4n) is 4.18. The van der Waals surface area contributed by atoms with Crippen LogP contribution < -0.4 is 14.4 Å². The first-order chi connectivity index (χ1) is 18.5. The van der Waals surface area contributed by atoms with Crippen LogP contribution in [0, 0.1) is 0 Å². The molecule has 1 fully saturated rings. The summed E-state index contributed by atoms with van der Waals surface area (Å²) in [6.45, 7) is 0.815. The van der Waals surface area contributed by atoms with Crippen LogP contribution in [0.15, 0.2) is 69.9 Å². The second kappa shape index (κ2) is 10.4. The van der Waals surface area contributed by atoms with Gasteiger partial charge in [0.2, 0.25) is 5.13 Å². The molecule has 0 bridgehead atoms. The lowest BCUT2D eigenvalue weighted by molar-refractivity contribution is -0.132. The van der Waals surface area contributed by atoms with Crippen LogP contribution in [0.1, 0.15) is 22.0 Å². The third-order valence-electron chi connectivity index (χ3n) is 5.95. The number of ether oxygens (including phenoxy) is 2. The molecule has 38 heavy (non-hydrogen) atoms. The minimum absolute atomic E-state index is 0.0142. The third-order valence-corrected chi connectivity index (χ3v) is 9.25. The minimum Gasteiger partial charge on any atom is -0.507 e. The Morgan fingerprint density at radius 1 is 1.08 bits per heavy atom. The highest BCUT2D eigenvalue weighted by atomic mass is 35.5. The lowest BCUT2D eigenvalue weighted by Gasteiger charge is -2.21. The van der Waals surface area contributed by atoms with Crippen molar-refractivity contribution in [2.75, 3.05) is 18.1 Å². The average Bonchev–Trinajstić information content (AvgIpc) is 3.68. The topological polar surface area (TPSA) is 102 Å². The Kier molecular flexibility index (Phi) is 6.83. The van der Waals surface area contributed by atoms with Gasteiger partial charge in [0.25, 0.3) is 5.78 Å². The summed E-state index contributed by atoms with van der Waals surface area (Å²) in [7, 11) is 0. The largest absolute Gasteiger partial charge is 0.507 e. The monoisotopic (exact) mass is 583 g/mol. The molecule has 2 aromatic heterocycles. The van der Waals surface area contributed by atoms with Gasteiger partial charge in [-0.05, 0) is 47.3 Å². The summed E-state index contributed by atoms with van der Waals surface area (Å²) in [6.07, 6.45) is 0.